The molecule has 3 aromatic rings. The molecule has 3 aromatic heterocycles. The molecule has 120 valence electrons. The third-order valence-corrected chi connectivity index (χ3v) is 4.08. The van der Waals surface area contributed by atoms with E-state index in [9.17, 15) is 4.79 Å². The molecule has 0 aliphatic heterocycles. The number of fused-ring (bicyclic) bond motifs is 1. The first kappa shape index (κ1) is 15.8. The van der Waals surface area contributed by atoms with E-state index in [-0.39, 0.29) is 5.91 Å². The van der Waals surface area contributed by atoms with E-state index in [0.29, 0.717) is 17.0 Å². The predicted molar refractivity (Wildman–Crippen MR) is 92.5 cm³/mol. The van der Waals surface area contributed by atoms with Gasteiger partial charge < -0.3 is 14.3 Å². The number of rotatable bonds is 6. The fourth-order valence-electron chi connectivity index (χ4n) is 2.64. The molecule has 1 amide bonds. The van der Waals surface area contributed by atoms with Crippen molar-refractivity contribution in [2.24, 2.45) is 0 Å². The van der Waals surface area contributed by atoms with E-state index < -0.39 is 0 Å². The minimum Gasteiger partial charge on any atom is -0.444 e. The number of amides is 1. The van der Waals surface area contributed by atoms with E-state index in [4.69, 9.17) is 4.42 Å². The maximum atomic E-state index is 12.0. The van der Waals surface area contributed by atoms with Gasteiger partial charge in [0.15, 0.2) is 10.4 Å². The summed E-state index contributed by atoms with van der Waals surface area (Å²) in [5.74, 6) is 0.109. The van der Waals surface area contributed by atoms with Crippen LogP contribution >= 0.6 is 15.9 Å². The SMILES string of the molecule is CCCn1cc(CCNC(=O)c2ccc(Br)o2)c2cccnc21. The van der Waals surface area contributed by atoms with Crippen LogP contribution in [0.1, 0.15) is 29.5 Å². The van der Waals surface area contributed by atoms with Gasteiger partial charge in [-0.1, -0.05) is 6.92 Å². The second kappa shape index (κ2) is 7.00. The fraction of sp³-hybridized carbons (Fsp3) is 0.294. The summed E-state index contributed by atoms with van der Waals surface area (Å²) in [6.07, 6.45) is 5.77. The summed E-state index contributed by atoms with van der Waals surface area (Å²) in [5.41, 5.74) is 2.20. The van der Waals surface area contributed by atoms with Crippen LogP contribution in [0.15, 0.2) is 45.7 Å². The van der Waals surface area contributed by atoms with E-state index in [0.717, 1.165) is 30.4 Å². The van der Waals surface area contributed by atoms with Crippen molar-refractivity contribution < 1.29 is 9.21 Å². The first-order valence-electron chi connectivity index (χ1n) is 7.65. The van der Waals surface area contributed by atoms with Crippen LogP contribution in [0.2, 0.25) is 0 Å². The average molecular weight is 376 g/mol. The van der Waals surface area contributed by atoms with Crippen molar-refractivity contribution in [2.75, 3.05) is 6.54 Å². The monoisotopic (exact) mass is 375 g/mol. The second-order valence-corrected chi connectivity index (χ2v) is 6.11. The minimum atomic E-state index is -0.203. The topological polar surface area (TPSA) is 60.1 Å². The molecule has 23 heavy (non-hydrogen) atoms. The summed E-state index contributed by atoms with van der Waals surface area (Å²) < 4.78 is 7.97. The van der Waals surface area contributed by atoms with Gasteiger partial charge in [-0.05, 0) is 58.6 Å². The van der Waals surface area contributed by atoms with Crippen LogP contribution in [0, 0.1) is 0 Å². The van der Waals surface area contributed by atoms with Gasteiger partial charge in [-0.15, -0.1) is 0 Å². The molecule has 5 nitrogen and oxygen atoms in total. The number of nitrogens with one attached hydrogen (secondary N) is 1. The van der Waals surface area contributed by atoms with Gasteiger partial charge in [-0.3, -0.25) is 4.79 Å². The molecule has 6 heteroatoms. The highest BCUT2D eigenvalue weighted by Crippen LogP contribution is 2.20. The Bertz CT molecular complexity index is 822. The third kappa shape index (κ3) is 3.47. The Hall–Kier alpha value is -2.08. The van der Waals surface area contributed by atoms with Crippen molar-refractivity contribution in [3.63, 3.8) is 0 Å². The standard InChI is InChI=1S/C17H18BrN3O2/c1-2-10-21-11-12(13-4-3-8-19-16(13)21)7-9-20-17(22)14-5-6-15(18)23-14/h3-6,8,11H,2,7,9-10H2,1H3,(H,20,22). The van der Waals surface area contributed by atoms with Gasteiger partial charge in [0.2, 0.25) is 0 Å². The molecule has 0 atom stereocenters. The predicted octanol–water partition coefficient (Wildman–Crippen LogP) is 3.77. The van der Waals surface area contributed by atoms with Gasteiger partial charge in [-0.25, -0.2) is 4.98 Å². The molecular formula is C17H18BrN3O2. The first-order valence-corrected chi connectivity index (χ1v) is 8.44. The Balaban J connectivity index is 1.68. The van der Waals surface area contributed by atoms with Gasteiger partial charge in [0.25, 0.3) is 5.91 Å². The molecule has 3 heterocycles. The third-order valence-electron chi connectivity index (χ3n) is 3.66. The lowest BCUT2D eigenvalue weighted by molar-refractivity contribution is 0.0925. The van der Waals surface area contributed by atoms with Crippen LogP contribution in [0.3, 0.4) is 0 Å². The van der Waals surface area contributed by atoms with E-state index in [1.807, 2.05) is 12.3 Å². The number of aromatic nitrogens is 2. The Morgan fingerprint density at radius 2 is 2.26 bits per heavy atom. The Morgan fingerprint density at radius 3 is 3.00 bits per heavy atom. The highest BCUT2D eigenvalue weighted by Gasteiger charge is 2.12. The number of aryl methyl sites for hydroxylation is 1. The quantitative estimate of drug-likeness (QED) is 0.713. The number of nitrogens with zero attached hydrogens (tertiary/aromatic N) is 2. The molecule has 0 aliphatic rings. The molecule has 0 unspecified atom stereocenters. The zero-order valence-electron chi connectivity index (χ0n) is 12.9. The molecule has 3 rings (SSSR count). The molecule has 1 N–H and O–H groups in total. The first-order chi connectivity index (χ1) is 11.2. The largest absolute Gasteiger partial charge is 0.444 e. The molecule has 0 aromatic carbocycles. The van der Waals surface area contributed by atoms with Crippen LogP contribution < -0.4 is 5.32 Å². The smallest absolute Gasteiger partial charge is 0.287 e. The molecule has 0 radical (unpaired) electrons. The molecule has 0 bridgehead atoms. The summed E-state index contributed by atoms with van der Waals surface area (Å²) >= 11 is 3.19. The number of hydrogen-bond donors (Lipinski definition) is 1. The highest BCUT2D eigenvalue weighted by atomic mass is 79.9. The number of pyridine rings is 1. The average Bonchev–Trinajstić information content (AvgIpc) is 3.13. The van der Waals surface area contributed by atoms with Crippen molar-refractivity contribution in [3.05, 3.63) is 52.7 Å². The van der Waals surface area contributed by atoms with Crippen molar-refractivity contribution in [3.8, 4) is 0 Å². The summed E-state index contributed by atoms with van der Waals surface area (Å²) in [5, 5.41) is 4.03. The van der Waals surface area contributed by atoms with Crippen LogP contribution in [0.25, 0.3) is 11.0 Å². The van der Waals surface area contributed by atoms with Crippen LogP contribution in [0.4, 0.5) is 0 Å². The maximum absolute atomic E-state index is 12.0. The van der Waals surface area contributed by atoms with Crippen molar-refractivity contribution in [1.82, 2.24) is 14.9 Å². The molecule has 0 spiro atoms. The second-order valence-electron chi connectivity index (χ2n) is 5.33. The van der Waals surface area contributed by atoms with E-state index >= 15 is 0 Å². The summed E-state index contributed by atoms with van der Waals surface area (Å²) in [7, 11) is 0. The Kier molecular flexibility index (Phi) is 4.81. The summed E-state index contributed by atoms with van der Waals surface area (Å²) in [4.78, 5) is 16.4. The summed E-state index contributed by atoms with van der Waals surface area (Å²) in [6.45, 7) is 3.65. The Morgan fingerprint density at radius 1 is 1.39 bits per heavy atom. The fourth-order valence-corrected chi connectivity index (χ4v) is 2.95. The van der Waals surface area contributed by atoms with Crippen molar-refractivity contribution in [2.45, 2.75) is 26.3 Å². The molecule has 0 saturated carbocycles. The summed E-state index contributed by atoms with van der Waals surface area (Å²) in [6, 6.07) is 7.38. The molecule has 0 fully saturated rings. The van der Waals surface area contributed by atoms with Gasteiger partial charge in [0.05, 0.1) is 0 Å². The lowest BCUT2D eigenvalue weighted by atomic mass is 10.1. The van der Waals surface area contributed by atoms with Crippen LogP contribution in [-0.2, 0) is 13.0 Å². The zero-order valence-corrected chi connectivity index (χ0v) is 14.5. The molecule has 0 saturated heterocycles. The number of carbonyl (C=O) groups is 1. The van der Waals surface area contributed by atoms with Gasteiger partial charge in [-0.2, -0.15) is 0 Å². The van der Waals surface area contributed by atoms with Gasteiger partial charge in [0.1, 0.15) is 5.65 Å². The normalized spacial score (nSPS) is 11.0. The Labute approximate surface area is 142 Å². The van der Waals surface area contributed by atoms with E-state index in [2.05, 4.69) is 50.0 Å². The minimum absolute atomic E-state index is 0.203. The number of carbonyl (C=O) groups excluding carboxylic acids is 1. The number of hydrogen-bond acceptors (Lipinski definition) is 3. The van der Waals surface area contributed by atoms with Crippen molar-refractivity contribution >= 4 is 32.9 Å². The molecule has 0 aliphatic carbocycles. The van der Waals surface area contributed by atoms with E-state index in [1.54, 1.807) is 12.1 Å². The molecular weight excluding hydrogens is 358 g/mol. The zero-order chi connectivity index (χ0) is 16.2. The van der Waals surface area contributed by atoms with Crippen LogP contribution in [-0.4, -0.2) is 22.0 Å². The number of halogens is 1. The van der Waals surface area contributed by atoms with Gasteiger partial charge in [0, 0.05) is 30.9 Å². The van der Waals surface area contributed by atoms with E-state index in [1.165, 1.54) is 5.56 Å². The lowest BCUT2D eigenvalue weighted by Gasteiger charge is -2.02. The lowest BCUT2D eigenvalue weighted by Crippen LogP contribution is -2.25. The number of furan rings is 1. The van der Waals surface area contributed by atoms with Crippen LogP contribution in [0.5, 0.6) is 0 Å². The van der Waals surface area contributed by atoms with Crippen molar-refractivity contribution in [1.29, 1.82) is 0 Å². The maximum Gasteiger partial charge on any atom is 0.287 e. The van der Waals surface area contributed by atoms with Gasteiger partial charge >= 0.3 is 0 Å². The highest BCUT2D eigenvalue weighted by molar-refractivity contribution is 9.10.